The fourth-order valence-corrected chi connectivity index (χ4v) is 2.80. The van der Waals surface area contributed by atoms with E-state index in [2.05, 4.69) is 4.98 Å². The number of primary amides is 1. The smallest absolute Gasteiger partial charge is 0.270 e. The molecule has 1 aromatic heterocycles. The minimum Gasteiger partial charge on any atom is -0.370 e. The van der Waals surface area contributed by atoms with Gasteiger partial charge in [-0.1, -0.05) is 48.5 Å². The number of nitrogens with zero attached hydrogens (tertiary/aromatic N) is 1. The first-order valence-corrected chi connectivity index (χ1v) is 8.28. The fraction of sp³-hybridized carbons (Fsp3) is 0.150. The number of pyridine rings is 1. The Morgan fingerprint density at radius 1 is 1.00 bits per heavy atom. The molecule has 2 amide bonds. The molecule has 6 nitrogen and oxygen atoms in total. The van der Waals surface area contributed by atoms with Crippen molar-refractivity contribution in [3.05, 3.63) is 82.3 Å². The molecule has 3 aromatic rings. The van der Waals surface area contributed by atoms with Crippen molar-refractivity contribution in [2.45, 2.75) is 13.0 Å². The molecular formula is C20H19N3O3. The molecule has 1 heterocycles. The average molecular weight is 349 g/mol. The number of aromatic nitrogens is 1. The average Bonchev–Trinajstić information content (AvgIpc) is 2.65. The Morgan fingerprint density at radius 3 is 2.42 bits per heavy atom. The summed E-state index contributed by atoms with van der Waals surface area (Å²) in [5.41, 5.74) is 6.03. The summed E-state index contributed by atoms with van der Waals surface area (Å²) < 4.78 is 0. The topological polar surface area (TPSA) is 96.3 Å². The molecule has 0 unspecified atom stereocenters. The zero-order valence-corrected chi connectivity index (χ0v) is 14.1. The van der Waals surface area contributed by atoms with Gasteiger partial charge in [0.1, 0.15) is 5.69 Å². The van der Waals surface area contributed by atoms with Gasteiger partial charge in [0.2, 0.25) is 5.91 Å². The first kappa shape index (κ1) is 17.4. The van der Waals surface area contributed by atoms with Crippen LogP contribution < -0.4 is 11.3 Å². The van der Waals surface area contributed by atoms with Gasteiger partial charge in [-0.3, -0.25) is 14.4 Å². The molecule has 0 saturated carbocycles. The molecule has 0 radical (unpaired) electrons. The molecule has 0 saturated heterocycles. The summed E-state index contributed by atoms with van der Waals surface area (Å²) in [7, 11) is 0. The third-order valence-corrected chi connectivity index (χ3v) is 4.12. The number of carbonyl (C=O) groups is 2. The van der Waals surface area contributed by atoms with E-state index in [1.807, 2.05) is 36.4 Å². The summed E-state index contributed by atoms with van der Waals surface area (Å²) in [5.74, 6) is -0.833. The second-order valence-corrected chi connectivity index (χ2v) is 6.03. The van der Waals surface area contributed by atoms with Crippen molar-refractivity contribution in [3.63, 3.8) is 0 Å². The molecule has 0 fully saturated rings. The highest BCUT2D eigenvalue weighted by atomic mass is 16.2. The van der Waals surface area contributed by atoms with E-state index in [0.717, 1.165) is 5.56 Å². The van der Waals surface area contributed by atoms with Crippen LogP contribution in [0.1, 0.15) is 22.5 Å². The summed E-state index contributed by atoms with van der Waals surface area (Å²) in [6.45, 7) is 0.500. The van der Waals surface area contributed by atoms with Gasteiger partial charge in [-0.05, 0) is 23.1 Å². The van der Waals surface area contributed by atoms with Gasteiger partial charge in [0.15, 0.2) is 0 Å². The number of rotatable bonds is 6. The molecule has 0 spiro atoms. The Bertz CT molecular complexity index is 996. The van der Waals surface area contributed by atoms with Crippen molar-refractivity contribution in [1.82, 2.24) is 9.88 Å². The highest BCUT2D eigenvalue weighted by Crippen LogP contribution is 2.13. The molecule has 0 bridgehead atoms. The molecular weight excluding hydrogens is 330 g/mol. The van der Waals surface area contributed by atoms with E-state index in [4.69, 9.17) is 5.73 Å². The van der Waals surface area contributed by atoms with Gasteiger partial charge < -0.3 is 15.6 Å². The summed E-state index contributed by atoms with van der Waals surface area (Å²) in [5, 5.41) is 1.21. The summed E-state index contributed by atoms with van der Waals surface area (Å²) >= 11 is 0. The van der Waals surface area contributed by atoms with Crippen molar-refractivity contribution in [1.29, 1.82) is 0 Å². The molecule has 0 aliphatic heterocycles. The van der Waals surface area contributed by atoms with Gasteiger partial charge in [0, 0.05) is 24.9 Å². The molecule has 0 aliphatic carbocycles. The number of fused-ring (bicyclic) bond motifs is 1. The largest absolute Gasteiger partial charge is 0.370 e. The molecule has 6 heteroatoms. The predicted octanol–water partition coefficient (Wildman–Crippen LogP) is 2.05. The highest BCUT2D eigenvalue weighted by molar-refractivity contribution is 5.96. The van der Waals surface area contributed by atoms with Gasteiger partial charge in [-0.15, -0.1) is 0 Å². The normalized spacial score (nSPS) is 10.6. The number of benzene rings is 2. The first-order valence-electron chi connectivity index (χ1n) is 8.28. The van der Waals surface area contributed by atoms with E-state index in [1.54, 1.807) is 24.3 Å². The number of hydrogen-bond donors (Lipinski definition) is 2. The van der Waals surface area contributed by atoms with Crippen molar-refractivity contribution in [3.8, 4) is 0 Å². The van der Waals surface area contributed by atoms with E-state index in [1.165, 1.54) is 4.90 Å². The summed E-state index contributed by atoms with van der Waals surface area (Å²) in [4.78, 5) is 40.5. The molecule has 3 N–H and O–H groups in total. The second kappa shape index (κ2) is 7.65. The Morgan fingerprint density at radius 2 is 1.69 bits per heavy atom. The maximum absolute atomic E-state index is 13.0. The van der Waals surface area contributed by atoms with Crippen LogP contribution >= 0.6 is 0 Å². The number of aromatic amines is 1. The molecule has 26 heavy (non-hydrogen) atoms. The lowest BCUT2D eigenvalue weighted by molar-refractivity contribution is -0.118. The molecule has 2 aromatic carbocycles. The maximum Gasteiger partial charge on any atom is 0.270 e. The van der Waals surface area contributed by atoms with Crippen LogP contribution in [0.4, 0.5) is 0 Å². The fourth-order valence-electron chi connectivity index (χ4n) is 2.80. The minimum absolute atomic E-state index is 0.0520. The lowest BCUT2D eigenvalue weighted by Crippen LogP contribution is -2.35. The second-order valence-electron chi connectivity index (χ2n) is 6.03. The third-order valence-electron chi connectivity index (χ3n) is 4.12. The Labute approximate surface area is 150 Å². The van der Waals surface area contributed by atoms with Crippen LogP contribution in [0.2, 0.25) is 0 Å². The third kappa shape index (κ3) is 3.97. The Kier molecular flexibility index (Phi) is 5.12. The number of hydrogen-bond acceptors (Lipinski definition) is 3. The predicted molar refractivity (Wildman–Crippen MR) is 99.6 cm³/mol. The molecule has 132 valence electrons. The van der Waals surface area contributed by atoms with E-state index in [9.17, 15) is 14.4 Å². The van der Waals surface area contributed by atoms with Crippen LogP contribution in [-0.2, 0) is 11.3 Å². The van der Waals surface area contributed by atoms with Gasteiger partial charge in [0.25, 0.3) is 11.5 Å². The number of nitrogens with one attached hydrogen (secondary N) is 1. The van der Waals surface area contributed by atoms with Crippen LogP contribution in [-0.4, -0.2) is 28.2 Å². The van der Waals surface area contributed by atoms with Gasteiger partial charge in [-0.25, -0.2) is 0 Å². The van der Waals surface area contributed by atoms with Crippen molar-refractivity contribution in [2.75, 3.05) is 6.54 Å². The maximum atomic E-state index is 13.0. The van der Waals surface area contributed by atoms with Crippen molar-refractivity contribution in [2.24, 2.45) is 5.73 Å². The lowest BCUT2D eigenvalue weighted by atomic mass is 10.1. The number of carbonyl (C=O) groups excluding carboxylic acids is 2. The highest BCUT2D eigenvalue weighted by Gasteiger charge is 2.18. The number of nitrogens with two attached hydrogens (primary N) is 1. The zero-order chi connectivity index (χ0) is 18.5. The Hall–Kier alpha value is -3.41. The minimum atomic E-state index is -0.483. The standard InChI is InChI=1S/C20H19N3O3/c21-18(24)10-11-23(13-14-6-2-1-3-7-14)20(26)17-12-15-8-4-5-9-16(15)19(25)22-17/h1-9,12H,10-11,13H2,(H2,21,24)(H,22,25). The molecule has 0 aliphatic rings. The zero-order valence-electron chi connectivity index (χ0n) is 14.1. The van der Waals surface area contributed by atoms with Crippen LogP contribution in [0.25, 0.3) is 10.8 Å². The van der Waals surface area contributed by atoms with Crippen molar-refractivity contribution >= 4 is 22.6 Å². The number of H-pyrrole nitrogens is 1. The van der Waals surface area contributed by atoms with Crippen LogP contribution in [0.3, 0.4) is 0 Å². The first-order chi connectivity index (χ1) is 12.5. The number of amides is 2. The van der Waals surface area contributed by atoms with E-state index in [0.29, 0.717) is 17.3 Å². The summed E-state index contributed by atoms with van der Waals surface area (Å²) in [6, 6.07) is 18.2. The van der Waals surface area contributed by atoms with E-state index in [-0.39, 0.29) is 30.1 Å². The SMILES string of the molecule is NC(=O)CCN(Cc1ccccc1)C(=O)c1cc2ccccc2c(=O)[nH]1. The molecule has 3 rings (SSSR count). The van der Waals surface area contributed by atoms with Crippen LogP contribution in [0.5, 0.6) is 0 Å². The summed E-state index contributed by atoms with van der Waals surface area (Å²) in [6.07, 6.45) is 0.0520. The van der Waals surface area contributed by atoms with Crippen molar-refractivity contribution < 1.29 is 9.59 Å². The van der Waals surface area contributed by atoms with Crippen LogP contribution in [0.15, 0.2) is 65.5 Å². The van der Waals surface area contributed by atoms with E-state index < -0.39 is 5.91 Å². The quantitative estimate of drug-likeness (QED) is 0.713. The molecule has 0 atom stereocenters. The van der Waals surface area contributed by atoms with Crippen LogP contribution in [0, 0.1) is 0 Å². The lowest BCUT2D eigenvalue weighted by Gasteiger charge is -2.22. The van der Waals surface area contributed by atoms with Gasteiger partial charge in [-0.2, -0.15) is 0 Å². The van der Waals surface area contributed by atoms with Gasteiger partial charge in [0.05, 0.1) is 0 Å². The van der Waals surface area contributed by atoms with Gasteiger partial charge >= 0.3 is 0 Å². The monoisotopic (exact) mass is 349 g/mol. The van der Waals surface area contributed by atoms with E-state index >= 15 is 0 Å². The Balaban J connectivity index is 1.93.